The maximum atomic E-state index is 12.3. The first-order chi connectivity index (χ1) is 11.3. The SMILES string of the molecule is O=C(Cc1ccsc1)N1CCN(c2cc3c(nn2)CCC3)CC1. The van der Waals surface area contributed by atoms with E-state index in [1.54, 1.807) is 11.3 Å². The van der Waals surface area contributed by atoms with E-state index < -0.39 is 0 Å². The minimum atomic E-state index is 0.225. The Hall–Kier alpha value is -1.95. The molecule has 5 nitrogen and oxygen atoms in total. The fourth-order valence-electron chi connectivity index (χ4n) is 3.34. The van der Waals surface area contributed by atoms with Crippen LogP contribution in [0.25, 0.3) is 0 Å². The topological polar surface area (TPSA) is 49.3 Å². The van der Waals surface area contributed by atoms with Crippen LogP contribution in [-0.4, -0.2) is 47.2 Å². The summed E-state index contributed by atoms with van der Waals surface area (Å²) in [7, 11) is 0. The molecule has 0 N–H and O–H groups in total. The van der Waals surface area contributed by atoms with Gasteiger partial charge in [-0.15, -0.1) is 5.10 Å². The average Bonchev–Trinajstić information content (AvgIpc) is 3.25. The maximum Gasteiger partial charge on any atom is 0.227 e. The van der Waals surface area contributed by atoms with Crippen molar-refractivity contribution in [2.24, 2.45) is 0 Å². The number of piperazine rings is 1. The van der Waals surface area contributed by atoms with Crippen LogP contribution >= 0.6 is 11.3 Å². The highest BCUT2D eigenvalue weighted by Crippen LogP contribution is 2.23. The van der Waals surface area contributed by atoms with Crippen molar-refractivity contribution in [3.63, 3.8) is 0 Å². The molecule has 1 saturated heterocycles. The number of rotatable bonds is 3. The van der Waals surface area contributed by atoms with Crippen LogP contribution in [0.2, 0.25) is 0 Å². The van der Waals surface area contributed by atoms with E-state index in [4.69, 9.17) is 0 Å². The first-order valence-electron chi connectivity index (χ1n) is 8.19. The molecule has 3 heterocycles. The van der Waals surface area contributed by atoms with Crippen molar-refractivity contribution in [2.75, 3.05) is 31.1 Å². The summed E-state index contributed by atoms with van der Waals surface area (Å²) in [6.45, 7) is 3.20. The van der Waals surface area contributed by atoms with Gasteiger partial charge in [-0.2, -0.15) is 16.4 Å². The van der Waals surface area contributed by atoms with Gasteiger partial charge in [0.1, 0.15) is 0 Å². The number of carbonyl (C=O) groups is 1. The highest BCUT2D eigenvalue weighted by atomic mass is 32.1. The van der Waals surface area contributed by atoms with E-state index >= 15 is 0 Å². The van der Waals surface area contributed by atoms with Gasteiger partial charge < -0.3 is 9.80 Å². The monoisotopic (exact) mass is 328 g/mol. The van der Waals surface area contributed by atoms with E-state index in [-0.39, 0.29) is 5.91 Å². The number of amides is 1. The Balaban J connectivity index is 1.36. The normalized spacial score (nSPS) is 17.4. The summed E-state index contributed by atoms with van der Waals surface area (Å²) in [6, 6.07) is 4.22. The van der Waals surface area contributed by atoms with Crippen molar-refractivity contribution in [1.29, 1.82) is 0 Å². The highest BCUT2D eigenvalue weighted by molar-refractivity contribution is 7.08. The summed E-state index contributed by atoms with van der Waals surface area (Å²) >= 11 is 1.64. The zero-order chi connectivity index (χ0) is 15.6. The van der Waals surface area contributed by atoms with Crippen LogP contribution in [0.5, 0.6) is 0 Å². The van der Waals surface area contributed by atoms with Gasteiger partial charge in [-0.1, -0.05) is 0 Å². The molecule has 2 aromatic rings. The summed E-state index contributed by atoms with van der Waals surface area (Å²) in [5.41, 5.74) is 3.64. The van der Waals surface area contributed by atoms with Crippen LogP contribution in [0.1, 0.15) is 23.2 Å². The van der Waals surface area contributed by atoms with Crippen LogP contribution < -0.4 is 4.90 Å². The van der Waals surface area contributed by atoms with Gasteiger partial charge in [-0.3, -0.25) is 4.79 Å². The summed E-state index contributed by atoms with van der Waals surface area (Å²) < 4.78 is 0. The van der Waals surface area contributed by atoms with E-state index in [0.29, 0.717) is 6.42 Å². The first-order valence-corrected chi connectivity index (χ1v) is 9.13. The molecule has 1 aliphatic heterocycles. The Morgan fingerprint density at radius 2 is 2.04 bits per heavy atom. The molecular weight excluding hydrogens is 308 g/mol. The standard InChI is InChI=1S/C17H20N4OS/c22-17(10-13-4-9-23-12-13)21-7-5-20(6-8-21)16-11-14-2-1-3-15(14)18-19-16/h4,9,11-12H,1-3,5-8,10H2. The van der Waals surface area contributed by atoms with Crippen LogP contribution in [-0.2, 0) is 24.1 Å². The van der Waals surface area contributed by atoms with Gasteiger partial charge in [-0.25, -0.2) is 0 Å². The van der Waals surface area contributed by atoms with E-state index in [1.165, 1.54) is 17.7 Å². The minimum absolute atomic E-state index is 0.225. The molecule has 1 aliphatic carbocycles. The quantitative estimate of drug-likeness (QED) is 0.864. The molecule has 1 fully saturated rings. The minimum Gasteiger partial charge on any atom is -0.352 e. The number of hydrogen-bond acceptors (Lipinski definition) is 5. The lowest BCUT2D eigenvalue weighted by molar-refractivity contribution is -0.130. The van der Waals surface area contributed by atoms with Crippen molar-refractivity contribution in [3.05, 3.63) is 39.7 Å². The predicted molar refractivity (Wildman–Crippen MR) is 90.9 cm³/mol. The summed E-state index contributed by atoms with van der Waals surface area (Å²) in [5.74, 6) is 1.19. The van der Waals surface area contributed by atoms with Crippen LogP contribution in [0.3, 0.4) is 0 Å². The maximum absolute atomic E-state index is 12.3. The number of aromatic nitrogens is 2. The predicted octanol–water partition coefficient (Wildman–Crippen LogP) is 1.92. The van der Waals surface area contributed by atoms with E-state index in [0.717, 1.165) is 50.4 Å². The molecule has 0 saturated carbocycles. The van der Waals surface area contributed by atoms with Gasteiger partial charge in [0.2, 0.25) is 5.91 Å². The molecule has 2 aromatic heterocycles. The second-order valence-electron chi connectivity index (χ2n) is 6.20. The molecular formula is C17H20N4OS. The third kappa shape index (κ3) is 3.08. The zero-order valence-corrected chi connectivity index (χ0v) is 13.9. The van der Waals surface area contributed by atoms with Crippen LogP contribution in [0.4, 0.5) is 5.82 Å². The Labute approximate surface area is 139 Å². The van der Waals surface area contributed by atoms with Crippen molar-refractivity contribution in [3.8, 4) is 0 Å². The molecule has 1 amide bonds. The van der Waals surface area contributed by atoms with Crippen molar-refractivity contribution >= 4 is 23.1 Å². The third-order valence-corrected chi connectivity index (χ3v) is 5.43. The smallest absolute Gasteiger partial charge is 0.227 e. The first kappa shape index (κ1) is 14.6. The Morgan fingerprint density at radius 1 is 1.17 bits per heavy atom. The second-order valence-corrected chi connectivity index (χ2v) is 6.98. The molecule has 4 rings (SSSR count). The van der Waals surface area contributed by atoms with E-state index in [2.05, 4.69) is 21.2 Å². The summed E-state index contributed by atoms with van der Waals surface area (Å²) in [6.07, 6.45) is 3.89. The van der Waals surface area contributed by atoms with Gasteiger partial charge in [0, 0.05) is 26.2 Å². The van der Waals surface area contributed by atoms with Gasteiger partial charge in [0.05, 0.1) is 12.1 Å². The number of thiophene rings is 1. The Morgan fingerprint density at radius 3 is 2.83 bits per heavy atom. The van der Waals surface area contributed by atoms with Crippen molar-refractivity contribution in [1.82, 2.24) is 15.1 Å². The number of aryl methyl sites for hydroxylation is 2. The molecule has 23 heavy (non-hydrogen) atoms. The number of carbonyl (C=O) groups excluding carboxylic acids is 1. The lowest BCUT2D eigenvalue weighted by Gasteiger charge is -2.35. The van der Waals surface area contributed by atoms with Crippen molar-refractivity contribution in [2.45, 2.75) is 25.7 Å². The van der Waals surface area contributed by atoms with Gasteiger partial charge in [0.25, 0.3) is 0 Å². The number of fused-ring (bicyclic) bond motifs is 1. The fourth-order valence-corrected chi connectivity index (χ4v) is 4.00. The fraction of sp³-hybridized carbons (Fsp3) is 0.471. The average molecular weight is 328 g/mol. The summed E-state index contributed by atoms with van der Waals surface area (Å²) in [4.78, 5) is 16.6. The molecule has 0 radical (unpaired) electrons. The zero-order valence-electron chi connectivity index (χ0n) is 13.1. The van der Waals surface area contributed by atoms with Crippen LogP contribution in [0, 0.1) is 0 Å². The van der Waals surface area contributed by atoms with Gasteiger partial charge in [0.15, 0.2) is 5.82 Å². The number of nitrogens with zero attached hydrogens (tertiary/aromatic N) is 4. The molecule has 0 bridgehead atoms. The Kier molecular flexibility index (Phi) is 3.99. The van der Waals surface area contributed by atoms with Gasteiger partial charge >= 0.3 is 0 Å². The van der Waals surface area contributed by atoms with Gasteiger partial charge in [-0.05, 0) is 53.3 Å². The molecule has 0 spiro atoms. The van der Waals surface area contributed by atoms with E-state index in [1.807, 2.05) is 21.7 Å². The molecule has 0 atom stereocenters. The number of anilines is 1. The van der Waals surface area contributed by atoms with Crippen molar-refractivity contribution < 1.29 is 4.79 Å². The highest BCUT2D eigenvalue weighted by Gasteiger charge is 2.23. The molecule has 0 aromatic carbocycles. The van der Waals surface area contributed by atoms with Crippen LogP contribution in [0.15, 0.2) is 22.9 Å². The lowest BCUT2D eigenvalue weighted by atomic mass is 10.2. The second kappa shape index (κ2) is 6.28. The Bertz CT molecular complexity index is 693. The molecule has 6 heteroatoms. The number of hydrogen-bond donors (Lipinski definition) is 0. The van der Waals surface area contributed by atoms with E-state index in [9.17, 15) is 4.79 Å². The molecule has 120 valence electrons. The molecule has 0 unspecified atom stereocenters. The molecule has 2 aliphatic rings. The third-order valence-electron chi connectivity index (χ3n) is 4.70. The lowest BCUT2D eigenvalue weighted by Crippen LogP contribution is -2.49. The largest absolute Gasteiger partial charge is 0.352 e. The summed E-state index contributed by atoms with van der Waals surface area (Å²) in [5, 5.41) is 12.8.